The maximum atomic E-state index is 13.1. The summed E-state index contributed by atoms with van der Waals surface area (Å²) in [7, 11) is -4.08. The molecule has 0 spiro atoms. The number of quaternary nitrogens is 1. The summed E-state index contributed by atoms with van der Waals surface area (Å²) in [5, 5.41) is 0. The lowest BCUT2D eigenvalue weighted by atomic mass is 9.84. The van der Waals surface area contributed by atoms with E-state index in [4.69, 9.17) is 4.28 Å². The number of fused-ring (bicyclic) bond motifs is 2. The number of unbranched alkanes of at least 4 members (excludes halogenated alkanes) is 2. The minimum atomic E-state index is -4.08. The Bertz CT molecular complexity index is 1100. The van der Waals surface area contributed by atoms with E-state index >= 15 is 0 Å². The number of hydroxylamine groups is 3. The number of carbonyl (C=O) groups is 2. The molecule has 1 heterocycles. The minimum Gasteiger partial charge on any atom is -0.289 e. The molecule has 0 N–H and O–H groups in total. The first kappa shape index (κ1) is 20.9. The van der Waals surface area contributed by atoms with Gasteiger partial charge in [0.2, 0.25) is 0 Å². The van der Waals surface area contributed by atoms with Gasteiger partial charge in [-0.2, -0.15) is 13.1 Å². The molecular weight excluding hydrogens is 402 g/mol. The van der Waals surface area contributed by atoms with Crippen LogP contribution in [-0.2, 0) is 14.4 Å². The Morgan fingerprint density at radius 2 is 1.47 bits per heavy atom. The molecular formula is C23H26NO5S+. The van der Waals surface area contributed by atoms with E-state index < -0.39 is 10.1 Å². The number of hydrogen-bond acceptors (Lipinski definition) is 5. The molecule has 0 aromatic heterocycles. The topological polar surface area (TPSA) is 77.5 Å². The first-order valence-electron chi connectivity index (χ1n) is 10.5. The number of carbonyl (C=O) groups excluding carboxylic acids is 2. The molecule has 0 radical (unpaired) electrons. The highest BCUT2D eigenvalue weighted by Crippen LogP contribution is 2.31. The van der Waals surface area contributed by atoms with Gasteiger partial charge in [0.15, 0.2) is 11.6 Å². The fourth-order valence-electron chi connectivity index (χ4n) is 4.38. The summed E-state index contributed by atoms with van der Waals surface area (Å²) in [6, 6.07) is 10.7. The minimum absolute atomic E-state index is 0.0818. The number of ketones is 2. The Morgan fingerprint density at radius 3 is 2.10 bits per heavy atom. The zero-order chi connectivity index (χ0) is 21.4. The van der Waals surface area contributed by atoms with Crippen LogP contribution in [0.3, 0.4) is 0 Å². The summed E-state index contributed by atoms with van der Waals surface area (Å²) < 4.78 is 32.1. The highest BCUT2D eigenvalue weighted by molar-refractivity contribution is 7.86. The van der Waals surface area contributed by atoms with Crippen LogP contribution >= 0.6 is 0 Å². The van der Waals surface area contributed by atoms with Gasteiger partial charge >= 0.3 is 10.1 Å². The molecule has 2 aliphatic rings. The predicted molar refractivity (Wildman–Crippen MR) is 112 cm³/mol. The van der Waals surface area contributed by atoms with E-state index in [-0.39, 0.29) is 32.2 Å². The largest absolute Gasteiger partial charge is 0.342 e. The summed E-state index contributed by atoms with van der Waals surface area (Å²) in [5.74, 6) is -0.613. The second-order valence-corrected chi connectivity index (χ2v) is 9.61. The van der Waals surface area contributed by atoms with Gasteiger partial charge in [0.1, 0.15) is 19.6 Å². The molecule has 0 saturated carbocycles. The molecule has 0 bridgehead atoms. The first-order chi connectivity index (χ1) is 14.4. The van der Waals surface area contributed by atoms with Crippen LogP contribution < -0.4 is 0 Å². The van der Waals surface area contributed by atoms with Gasteiger partial charge in [-0.15, -0.1) is 0 Å². The van der Waals surface area contributed by atoms with Crippen molar-refractivity contribution in [2.75, 3.05) is 19.6 Å². The second kappa shape index (κ2) is 8.06. The molecule has 1 aliphatic heterocycles. The molecule has 2 aromatic rings. The highest BCUT2D eigenvalue weighted by Gasteiger charge is 2.40. The SMILES string of the molecule is CCCCC[N+]1(OS(=O)(=O)c2ccc3c(c2)C(=O)c2ccccc2C3=O)CCCC1. The Labute approximate surface area is 177 Å². The number of hydrogen-bond donors (Lipinski definition) is 0. The maximum Gasteiger partial charge on any atom is 0.342 e. The molecule has 1 aliphatic carbocycles. The Balaban J connectivity index is 1.66. The number of rotatable bonds is 7. The van der Waals surface area contributed by atoms with E-state index in [1.54, 1.807) is 24.3 Å². The Kier molecular flexibility index (Phi) is 5.61. The summed E-state index contributed by atoms with van der Waals surface area (Å²) in [6.45, 7) is 4.09. The summed E-state index contributed by atoms with van der Waals surface area (Å²) in [4.78, 5) is 25.6. The van der Waals surface area contributed by atoms with E-state index in [0.717, 1.165) is 32.1 Å². The number of benzene rings is 2. The zero-order valence-corrected chi connectivity index (χ0v) is 17.9. The highest BCUT2D eigenvalue weighted by atomic mass is 32.2. The molecule has 0 unspecified atom stereocenters. The van der Waals surface area contributed by atoms with Crippen molar-refractivity contribution in [2.24, 2.45) is 0 Å². The van der Waals surface area contributed by atoms with Crippen LogP contribution in [0.1, 0.15) is 70.9 Å². The summed E-state index contributed by atoms with van der Waals surface area (Å²) in [5.41, 5.74) is 0.987. The summed E-state index contributed by atoms with van der Waals surface area (Å²) >= 11 is 0. The van der Waals surface area contributed by atoms with Crippen LogP contribution in [-0.4, -0.2) is 44.3 Å². The molecule has 6 nitrogen and oxygen atoms in total. The van der Waals surface area contributed by atoms with Crippen molar-refractivity contribution in [3.8, 4) is 0 Å². The molecule has 158 valence electrons. The lowest BCUT2D eigenvalue weighted by molar-refractivity contribution is -1.07. The van der Waals surface area contributed by atoms with E-state index in [1.165, 1.54) is 18.2 Å². The number of likely N-dealkylation sites (tertiary alicyclic amines) is 1. The molecule has 1 saturated heterocycles. The predicted octanol–water partition coefficient (Wildman–Crippen LogP) is 3.88. The molecule has 1 fully saturated rings. The third-order valence-electron chi connectivity index (χ3n) is 5.99. The van der Waals surface area contributed by atoms with Crippen molar-refractivity contribution in [3.05, 3.63) is 64.7 Å². The first-order valence-corrected chi connectivity index (χ1v) is 11.9. The van der Waals surface area contributed by atoms with E-state index in [1.807, 2.05) is 0 Å². The second-order valence-electron chi connectivity index (χ2n) is 8.08. The molecule has 7 heteroatoms. The molecule has 0 amide bonds. The third kappa shape index (κ3) is 3.73. The average molecular weight is 429 g/mol. The monoisotopic (exact) mass is 428 g/mol. The van der Waals surface area contributed by atoms with E-state index in [2.05, 4.69) is 6.92 Å². The zero-order valence-electron chi connectivity index (χ0n) is 17.1. The van der Waals surface area contributed by atoms with Crippen molar-refractivity contribution in [2.45, 2.75) is 43.9 Å². The lowest BCUT2D eigenvalue weighted by Gasteiger charge is -2.29. The number of nitrogens with zero attached hydrogens (tertiary/aromatic N) is 1. The van der Waals surface area contributed by atoms with Gasteiger partial charge in [0.25, 0.3) is 0 Å². The molecule has 4 rings (SSSR count). The molecule has 2 aromatic carbocycles. The third-order valence-corrected chi connectivity index (χ3v) is 7.34. The van der Waals surface area contributed by atoms with Crippen molar-refractivity contribution >= 4 is 21.7 Å². The molecule has 30 heavy (non-hydrogen) atoms. The van der Waals surface area contributed by atoms with Gasteiger partial charge in [0, 0.05) is 35.1 Å². The van der Waals surface area contributed by atoms with Gasteiger partial charge in [-0.1, -0.05) is 41.9 Å². The normalized spacial score (nSPS) is 17.6. The fraction of sp³-hybridized carbons (Fsp3) is 0.391. The smallest absolute Gasteiger partial charge is 0.289 e. The van der Waals surface area contributed by atoms with Crippen LogP contribution in [0.15, 0.2) is 47.4 Å². The van der Waals surface area contributed by atoms with Gasteiger partial charge < -0.3 is 0 Å². The van der Waals surface area contributed by atoms with Crippen LogP contribution in [0.4, 0.5) is 0 Å². The van der Waals surface area contributed by atoms with E-state index in [9.17, 15) is 18.0 Å². The van der Waals surface area contributed by atoms with Gasteiger partial charge in [0.05, 0.1) is 4.90 Å². The van der Waals surface area contributed by atoms with Crippen LogP contribution in [0.5, 0.6) is 0 Å². The molecule has 0 atom stereocenters. The Hall–Kier alpha value is -2.35. The van der Waals surface area contributed by atoms with E-state index in [0.29, 0.717) is 30.8 Å². The van der Waals surface area contributed by atoms with Crippen LogP contribution in [0.2, 0.25) is 0 Å². The van der Waals surface area contributed by atoms with Crippen molar-refractivity contribution in [1.82, 2.24) is 0 Å². The van der Waals surface area contributed by atoms with Gasteiger partial charge in [-0.25, -0.2) is 0 Å². The van der Waals surface area contributed by atoms with Gasteiger partial charge in [-0.05, 0) is 31.0 Å². The van der Waals surface area contributed by atoms with Gasteiger partial charge in [-0.3, -0.25) is 9.59 Å². The fourth-order valence-corrected chi connectivity index (χ4v) is 5.61. The average Bonchev–Trinajstić information content (AvgIpc) is 3.19. The quantitative estimate of drug-likeness (QED) is 0.422. The van der Waals surface area contributed by atoms with Crippen LogP contribution in [0.25, 0.3) is 0 Å². The summed E-state index contributed by atoms with van der Waals surface area (Å²) in [6.07, 6.45) is 4.83. The Morgan fingerprint density at radius 1 is 0.867 bits per heavy atom. The lowest BCUT2D eigenvalue weighted by Crippen LogP contribution is -2.47. The maximum absolute atomic E-state index is 13.1. The van der Waals surface area contributed by atoms with Crippen molar-refractivity contribution in [1.29, 1.82) is 0 Å². The van der Waals surface area contributed by atoms with Crippen molar-refractivity contribution in [3.63, 3.8) is 0 Å². The standard InChI is InChI=1S/C23H26NO5S/c1-2-3-6-13-24(14-7-8-15-24)29-30(27,28)17-11-12-20-21(16-17)23(26)19-10-5-4-9-18(19)22(20)25/h4-5,9-12,16H,2-3,6-8,13-15H2,1H3/q+1. The van der Waals surface area contributed by atoms with Crippen LogP contribution in [0, 0.1) is 0 Å². The van der Waals surface area contributed by atoms with Crippen molar-refractivity contribution < 1.29 is 26.9 Å².